The van der Waals surface area contributed by atoms with Crippen molar-refractivity contribution in [2.24, 2.45) is 0 Å². The van der Waals surface area contributed by atoms with Crippen LogP contribution >= 0.6 is 0 Å². The number of ether oxygens (including phenoxy) is 1. The first-order valence-electron chi connectivity index (χ1n) is 10.5. The third-order valence-electron chi connectivity index (χ3n) is 5.27. The second-order valence-corrected chi connectivity index (χ2v) is 9.62. The molecule has 176 valence electrons. The minimum Gasteiger partial charge on any atom is -0.480 e. The highest BCUT2D eigenvalue weighted by Crippen LogP contribution is 2.30. The lowest BCUT2D eigenvalue weighted by molar-refractivity contribution is -0.146. The number of amides is 1. The van der Waals surface area contributed by atoms with Gasteiger partial charge in [0.15, 0.2) is 9.84 Å². The Morgan fingerprint density at radius 3 is 2.48 bits per heavy atom. The second-order valence-electron chi connectivity index (χ2n) is 7.62. The number of hydrogen-bond acceptors (Lipinski definition) is 7. The highest BCUT2D eigenvalue weighted by atomic mass is 32.2. The van der Waals surface area contributed by atoms with Crippen molar-refractivity contribution in [3.8, 4) is 0 Å². The Balaban J connectivity index is 1.92. The third-order valence-corrected chi connectivity index (χ3v) is 7.06. The fourth-order valence-corrected chi connectivity index (χ4v) is 5.40. The lowest BCUT2D eigenvalue weighted by atomic mass is 10.0. The molecule has 0 saturated heterocycles. The molecule has 0 bridgehead atoms. The maximum absolute atomic E-state index is 13.3. The van der Waals surface area contributed by atoms with E-state index in [9.17, 15) is 27.9 Å². The van der Waals surface area contributed by atoms with Gasteiger partial charge in [0.25, 0.3) is 0 Å². The Kier molecular flexibility index (Phi) is 7.83. The molecule has 2 N–H and O–H groups in total. The Morgan fingerprint density at radius 2 is 1.82 bits per heavy atom. The lowest BCUT2D eigenvalue weighted by Crippen LogP contribution is -2.55. The van der Waals surface area contributed by atoms with Crippen LogP contribution in [0.3, 0.4) is 0 Å². The van der Waals surface area contributed by atoms with Gasteiger partial charge in [0.05, 0.1) is 22.9 Å². The van der Waals surface area contributed by atoms with Crippen LogP contribution in [0.2, 0.25) is 0 Å². The summed E-state index contributed by atoms with van der Waals surface area (Å²) in [6.07, 6.45) is 0.753. The molecule has 1 unspecified atom stereocenters. The first kappa shape index (κ1) is 24.4. The maximum Gasteiger partial charge on any atom is 0.323 e. The smallest absolute Gasteiger partial charge is 0.323 e. The summed E-state index contributed by atoms with van der Waals surface area (Å²) in [5.41, 5.74) is 0.972. The van der Waals surface area contributed by atoms with Crippen LogP contribution in [-0.4, -0.2) is 62.4 Å². The van der Waals surface area contributed by atoms with Crippen molar-refractivity contribution in [2.75, 3.05) is 23.8 Å². The first-order valence-corrected chi connectivity index (χ1v) is 12.2. The number of carboxylic acid groups (broad SMARTS) is 1. The predicted octanol–water partition coefficient (Wildman–Crippen LogP) is 1.41. The molecule has 1 heterocycles. The van der Waals surface area contributed by atoms with Crippen LogP contribution in [0.15, 0.2) is 59.5 Å². The van der Waals surface area contributed by atoms with Crippen molar-refractivity contribution in [1.29, 1.82) is 0 Å². The van der Waals surface area contributed by atoms with Gasteiger partial charge in [-0.25, -0.2) is 8.42 Å². The number of rotatable bonds is 9. The van der Waals surface area contributed by atoms with Crippen molar-refractivity contribution in [3.05, 3.63) is 60.2 Å². The number of hydrogen-bond donors (Lipinski definition) is 2. The van der Waals surface area contributed by atoms with Crippen LogP contribution in [0.25, 0.3) is 0 Å². The molecule has 2 aromatic rings. The summed E-state index contributed by atoms with van der Waals surface area (Å²) >= 11 is 0. The quantitative estimate of drug-likeness (QED) is 0.522. The SMILES string of the molecule is CCOC(=O)[C@@H](CCc1ccccc1)NC1CS(=O)(=O)c2ccccc2N(CC(=O)O)C1=O. The number of aryl methyl sites for hydroxylation is 1. The molecule has 0 fully saturated rings. The van der Waals surface area contributed by atoms with Crippen LogP contribution in [0.5, 0.6) is 0 Å². The molecular formula is C23H26N2O7S. The molecule has 3 rings (SSSR count). The van der Waals surface area contributed by atoms with Gasteiger partial charge in [0, 0.05) is 0 Å². The maximum atomic E-state index is 13.3. The summed E-state index contributed by atoms with van der Waals surface area (Å²) in [7, 11) is -3.95. The number of carbonyl (C=O) groups excluding carboxylic acids is 2. The van der Waals surface area contributed by atoms with E-state index in [1.165, 1.54) is 24.3 Å². The van der Waals surface area contributed by atoms with Gasteiger partial charge in [-0.1, -0.05) is 42.5 Å². The number of benzene rings is 2. The molecule has 2 aromatic carbocycles. The number of para-hydroxylation sites is 1. The number of nitrogens with one attached hydrogen (secondary N) is 1. The Morgan fingerprint density at radius 1 is 1.15 bits per heavy atom. The van der Waals surface area contributed by atoms with Crippen LogP contribution in [-0.2, 0) is 35.4 Å². The summed E-state index contributed by atoms with van der Waals surface area (Å²) in [6, 6.07) is 12.9. The molecule has 0 aromatic heterocycles. The Bertz CT molecular complexity index is 1120. The molecule has 9 nitrogen and oxygen atoms in total. The van der Waals surface area contributed by atoms with Crippen LogP contribution in [0, 0.1) is 0 Å². The van der Waals surface area contributed by atoms with E-state index in [1.54, 1.807) is 6.92 Å². The Hall–Kier alpha value is -3.24. The molecule has 0 radical (unpaired) electrons. The third kappa shape index (κ3) is 5.96. The molecule has 0 aliphatic carbocycles. The number of esters is 1. The largest absolute Gasteiger partial charge is 0.480 e. The molecule has 0 saturated carbocycles. The number of carbonyl (C=O) groups is 3. The van der Waals surface area contributed by atoms with Crippen molar-refractivity contribution in [2.45, 2.75) is 36.7 Å². The highest BCUT2D eigenvalue weighted by Gasteiger charge is 2.40. The number of carboxylic acids is 1. The monoisotopic (exact) mass is 474 g/mol. The van der Waals surface area contributed by atoms with Crippen molar-refractivity contribution < 1.29 is 32.6 Å². The standard InChI is InChI=1S/C23H26N2O7S/c1-2-32-23(29)17(13-12-16-8-4-3-5-9-16)24-18-15-33(30,31)20-11-7-6-10-19(20)25(22(18)28)14-21(26)27/h3-11,17-18,24H,2,12-15H2,1H3,(H,26,27)/t17-,18?/m1/s1. The van der Waals surface area contributed by atoms with Gasteiger partial charge in [0.2, 0.25) is 5.91 Å². The molecule has 1 aliphatic rings. The van der Waals surface area contributed by atoms with Crippen molar-refractivity contribution >= 4 is 33.4 Å². The molecule has 0 spiro atoms. The van der Waals surface area contributed by atoms with Gasteiger partial charge in [-0.2, -0.15) is 0 Å². The molecule has 1 aliphatic heterocycles. The van der Waals surface area contributed by atoms with Crippen LogP contribution in [0.4, 0.5) is 5.69 Å². The molecule has 1 amide bonds. The number of anilines is 1. The van der Waals surface area contributed by atoms with Gasteiger partial charge < -0.3 is 9.84 Å². The van der Waals surface area contributed by atoms with Crippen molar-refractivity contribution in [1.82, 2.24) is 5.32 Å². The minimum absolute atomic E-state index is 0.00571. The lowest BCUT2D eigenvalue weighted by Gasteiger charge is -2.26. The topological polar surface area (TPSA) is 130 Å². The number of sulfone groups is 1. The fraction of sp³-hybridized carbons (Fsp3) is 0.348. The van der Waals surface area contributed by atoms with Crippen LogP contribution < -0.4 is 10.2 Å². The molecule has 33 heavy (non-hydrogen) atoms. The zero-order chi connectivity index (χ0) is 24.0. The zero-order valence-corrected chi connectivity index (χ0v) is 19.0. The van der Waals surface area contributed by atoms with Crippen LogP contribution in [0.1, 0.15) is 18.9 Å². The highest BCUT2D eigenvalue weighted by molar-refractivity contribution is 7.91. The van der Waals surface area contributed by atoms with Gasteiger partial charge >= 0.3 is 11.9 Å². The second kappa shape index (κ2) is 10.6. The summed E-state index contributed by atoms with van der Waals surface area (Å²) in [5.74, 6) is -3.24. The van der Waals surface area contributed by atoms with E-state index >= 15 is 0 Å². The predicted molar refractivity (Wildman–Crippen MR) is 121 cm³/mol. The van der Waals surface area contributed by atoms with E-state index in [0.29, 0.717) is 6.42 Å². The minimum atomic E-state index is -3.95. The summed E-state index contributed by atoms with van der Waals surface area (Å²) in [4.78, 5) is 38.2. The average molecular weight is 475 g/mol. The average Bonchev–Trinajstić information content (AvgIpc) is 2.86. The summed E-state index contributed by atoms with van der Waals surface area (Å²) in [6.45, 7) is 1.06. The van der Waals surface area contributed by atoms with E-state index in [-0.39, 0.29) is 23.6 Å². The van der Waals surface area contributed by atoms with E-state index < -0.39 is 52.1 Å². The van der Waals surface area contributed by atoms with Gasteiger partial charge in [-0.15, -0.1) is 0 Å². The Labute approximate surface area is 192 Å². The van der Waals surface area contributed by atoms with Gasteiger partial charge in [-0.05, 0) is 37.5 Å². The van der Waals surface area contributed by atoms with E-state index in [4.69, 9.17) is 4.74 Å². The summed E-state index contributed by atoms with van der Waals surface area (Å²) in [5, 5.41) is 12.2. The number of nitrogens with zero attached hydrogens (tertiary/aromatic N) is 1. The first-order chi connectivity index (χ1) is 15.7. The number of fused-ring (bicyclic) bond motifs is 1. The number of aliphatic carboxylic acids is 1. The normalized spacial score (nSPS) is 18.2. The van der Waals surface area contributed by atoms with E-state index in [2.05, 4.69) is 5.32 Å². The summed E-state index contributed by atoms with van der Waals surface area (Å²) < 4.78 is 31.2. The molecule has 10 heteroatoms. The van der Waals surface area contributed by atoms with E-state index in [0.717, 1.165) is 10.5 Å². The van der Waals surface area contributed by atoms with Gasteiger partial charge in [-0.3, -0.25) is 24.6 Å². The fourth-order valence-electron chi connectivity index (χ4n) is 3.76. The molecular weight excluding hydrogens is 448 g/mol. The van der Waals surface area contributed by atoms with E-state index in [1.807, 2.05) is 30.3 Å². The molecule has 2 atom stereocenters. The van der Waals surface area contributed by atoms with Gasteiger partial charge in [0.1, 0.15) is 18.6 Å². The van der Waals surface area contributed by atoms with Crippen molar-refractivity contribution in [3.63, 3.8) is 0 Å². The zero-order valence-electron chi connectivity index (χ0n) is 18.1.